The molecule has 1 N–H and O–H groups in total. The zero-order valence-electron chi connectivity index (χ0n) is 12.0. The van der Waals surface area contributed by atoms with Crippen LogP contribution in [0.1, 0.15) is 39.5 Å². The fourth-order valence-corrected chi connectivity index (χ4v) is 2.10. The number of hydrogen-bond acceptors (Lipinski definition) is 4. The number of hydrogen-bond donors (Lipinski definition) is 1. The Morgan fingerprint density at radius 2 is 2.11 bits per heavy atom. The Bertz CT molecular complexity index is 342. The first-order chi connectivity index (χ1) is 9.04. The van der Waals surface area contributed by atoms with Crippen molar-refractivity contribution in [3.63, 3.8) is 0 Å². The topological polar surface area (TPSA) is 55.8 Å². The number of methoxy groups -OCH3 is 1. The van der Waals surface area contributed by atoms with Crippen molar-refractivity contribution in [3.05, 3.63) is 24.3 Å². The lowest BCUT2D eigenvalue weighted by Crippen LogP contribution is -2.39. The predicted octanol–water partition coefficient (Wildman–Crippen LogP) is 2.58. The van der Waals surface area contributed by atoms with Crippen molar-refractivity contribution in [2.45, 2.75) is 51.4 Å². The van der Waals surface area contributed by atoms with Crippen LogP contribution in [-0.2, 0) is 14.3 Å². The number of ether oxygens (including phenoxy) is 2. The van der Waals surface area contributed by atoms with E-state index in [0.29, 0.717) is 12.8 Å². The van der Waals surface area contributed by atoms with Crippen molar-refractivity contribution < 1.29 is 19.4 Å². The third-order valence-electron chi connectivity index (χ3n) is 3.56. The Labute approximate surface area is 115 Å². The van der Waals surface area contributed by atoms with Crippen LogP contribution in [0.5, 0.6) is 0 Å². The minimum atomic E-state index is -1.17. The molecule has 0 amide bonds. The van der Waals surface area contributed by atoms with Gasteiger partial charge < -0.3 is 14.6 Å². The van der Waals surface area contributed by atoms with Crippen LogP contribution in [0, 0.1) is 5.92 Å². The van der Waals surface area contributed by atoms with Crippen LogP contribution < -0.4 is 0 Å². The largest absolute Gasteiger partial charge is 0.469 e. The van der Waals surface area contributed by atoms with Gasteiger partial charge in [0.25, 0.3) is 0 Å². The molecule has 0 spiro atoms. The monoisotopic (exact) mass is 268 g/mol. The number of carbonyl (C=O) groups is 1. The maximum atomic E-state index is 11.5. The molecule has 4 nitrogen and oxygen atoms in total. The van der Waals surface area contributed by atoms with Crippen molar-refractivity contribution >= 4 is 5.97 Å². The third-order valence-corrected chi connectivity index (χ3v) is 3.56. The van der Waals surface area contributed by atoms with E-state index < -0.39 is 5.79 Å². The normalized spacial score (nSPS) is 20.3. The molecule has 0 bridgehead atoms. The molecular weight excluding hydrogens is 244 g/mol. The highest BCUT2D eigenvalue weighted by Gasteiger charge is 2.32. The minimum absolute atomic E-state index is 0.0914. The van der Waals surface area contributed by atoms with E-state index in [1.807, 2.05) is 38.2 Å². The maximum Gasteiger partial charge on any atom is 0.308 e. The Kier molecular flexibility index (Phi) is 6.25. The van der Waals surface area contributed by atoms with Gasteiger partial charge in [0.05, 0.1) is 19.6 Å². The van der Waals surface area contributed by atoms with E-state index in [1.54, 1.807) is 0 Å². The average Bonchev–Trinajstić information content (AvgIpc) is 2.47. The molecule has 1 aliphatic carbocycles. The molecule has 4 heteroatoms. The third kappa shape index (κ3) is 4.80. The highest BCUT2D eigenvalue weighted by atomic mass is 16.6. The Balaban J connectivity index is 2.76. The first-order valence-corrected chi connectivity index (χ1v) is 6.85. The maximum absolute atomic E-state index is 11.5. The summed E-state index contributed by atoms with van der Waals surface area (Å²) in [5, 5.41) is 10.3. The summed E-state index contributed by atoms with van der Waals surface area (Å²) < 4.78 is 10.5. The van der Waals surface area contributed by atoms with Crippen molar-refractivity contribution in [2.24, 2.45) is 5.92 Å². The molecule has 0 aromatic rings. The van der Waals surface area contributed by atoms with E-state index in [-0.39, 0.29) is 24.4 Å². The summed E-state index contributed by atoms with van der Waals surface area (Å²) >= 11 is 0. The summed E-state index contributed by atoms with van der Waals surface area (Å²) in [6.07, 6.45) is 9.55. The number of rotatable bonds is 7. The van der Waals surface area contributed by atoms with Crippen LogP contribution in [0.3, 0.4) is 0 Å². The standard InChI is InChI=1S/C15H24O4/c1-4-15(17,5-2)19-13(11-14(16)18-3)12-9-7-6-8-10-12/h6-9,12-13,17H,4-5,10-11H2,1-3H3. The van der Waals surface area contributed by atoms with Gasteiger partial charge in [0, 0.05) is 5.92 Å². The first kappa shape index (κ1) is 15.9. The van der Waals surface area contributed by atoms with Gasteiger partial charge in [-0.05, 0) is 19.3 Å². The summed E-state index contributed by atoms with van der Waals surface area (Å²) in [4.78, 5) is 11.5. The van der Waals surface area contributed by atoms with Gasteiger partial charge in [-0.3, -0.25) is 4.79 Å². The van der Waals surface area contributed by atoms with Gasteiger partial charge in [0.1, 0.15) is 0 Å². The molecule has 2 atom stereocenters. The van der Waals surface area contributed by atoms with Gasteiger partial charge in [-0.15, -0.1) is 0 Å². The van der Waals surface area contributed by atoms with Crippen molar-refractivity contribution in [2.75, 3.05) is 7.11 Å². The number of allylic oxidation sites excluding steroid dienone is 3. The Morgan fingerprint density at radius 1 is 1.42 bits per heavy atom. The molecule has 2 unspecified atom stereocenters. The first-order valence-electron chi connectivity index (χ1n) is 6.85. The number of esters is 1. The van der Waals surface area contributed by atoms with E-state index in [1.165, 1.54) is 7.11 Å². The van der Waals surface area contributed by atoms with Crippen molar-refractivity contribution in [3.8, 4) is 0 Å². The lowest BCUT2D eigenvalue weighted by molar-refractivity contribution is -0.241. The quantitative estimate of drug-likeness (QED) is 0.569. The fourth-order valence-electron chi connectivity index (χ4n) is 2.10. The molecular formula is C15H24O4. The van der Waals surface area contributed by atoms with E-state index in [0.717, 1.165) is 6.42 Å². The Morgan fingerprint density at radius 3 is 2.58 bits per heavy atom. The van der Waals surface area contributed by atoms with E-state index in [2.05, 4.69) is 0 Å². The summed E-state index contributed by atoms with van der Waals surface area (Å²) in [6, 6.07) is 0. The molecule has 1 rings (SSSR count). The van der Waals surface area contributed by atoms with Crippen LogP contribution in [0.4, 0.5) is 0 Å². The molecule has 0 saturated carbocycles. The molecule has 0 radical (unpaired) electrons. The van der Waals surface area contributed by atoms with Gasteiger partial charge in [0.15, 0.2) is 5.79 Å². The van der Waals surface area contributed by atoms with Crippen LogP contribution in [-0.4, -0.2) is 30.1 Å². The van der Waals surface area contributed by atoms with Crippen LogP contribution in [0.15, 0.2) is 24.3 Å². The Hall–Kier alpha value is -1.13. The second-order valence-corrected chi connectivity index (χ2v) is 4.80. The molecule has 0 aromatic heterocycles. The predicted molar refractivity (Wildman–Crippen MR) is 73.4 cm³/mol. The zero-order chi connectivity index (χ0) is 14.3. The highest BCUT2D eigenvalue weighted by Crippen LogP contribution is 2.28. The smallest absolute Gasteiger partial charge is 0.308 e. The van der Waals surface area contributed by atoms with E-state index in [4.69, 9.17) is 9.47 Å². The number of carbonyl (C=O) groups excluding carboxylic acids is 1. The lowest BCUT2D eigenvalue weighted by atomic mass is 9.92. The van der Waals surface area contributed by atoms with Crippen molar-refractivity contribution in [1.82, 2.24) is 0 Å². The molecule has 0 saturated heterocycles. The van der Waals surface area contributed by atoms with Crippen molar-refractivity contribution in [1.29, 1.82) is 0 Å². The molecule has 0 heterocycles. The lowest BCUT2D eigenvalue weighted by Gasteiger charge is -2.34. The van der Waals surface area contributed by atoms with Gasteiger partial charge in [-0.25, -0.2) is 0 Å². The molecule has 0 aromatic carbocycles. The highest BCUT2D eigenvalue weighted by molar-refractivity contribution is 5.69. The summed E-state index contributed by atoms with van der Waals surface area (Å²) in [7, 11) is 1.36. The summed E-state index contributed by atoms with van der Waals surface area (Å²) in [6.45, 7) is 3.74. The van der Waals surface area contributed by atoms with Gasteiger partial charge in [-0.1, -0.05) is 38.2 Å². The molecule has 0 aliphatic heterocycles. The van der Waals surface area contributed by atoms with Crippen LogP contribution in [0.25, 0.3) is 0 Å². The fraction of sp³-hybridized carbons (Fsp3) is 0.667. The molecule has 0 fully saturated rings. The van der Waals surface area contributed by atoms with Crippen LogP contribution >= 0.6 is 0 Å². The van der Waals surface area contributed by atoms with E-state index in [9.17, 15) is 9.90 Å². The molecule has 1 aliphatic rings. The van der Waals surface area contributed by atoms with E-state index >= 15 is 0 Å². The zero-order valence-corrected chi connectivity index (χ0v) is 12.0. The summed E-state index contributed by atoms with van der Waals surface area (Å²) in [5.74, 6) is -1.40. The van der Waals surface area contributed by atoms with Gasteiger partial charge >= 0.3 is 5.97 Å². The molecule has 108 valence electrons. The van der Waals surface area contributed by atoms with Gasteiger partial charge in [0.2, 0.25) is 0 Å². The second-order valence-electron chi connectivity index (χ2n) is 4.80. The second kappa shape index (κ2) is 7.46. The number of aliphatic hydroxyl groups is 1. The SMILES string of the molecule is CCC(O)(CC)OC(CC(=O)OC)C1C=CC=CC1. The van der Waals surface area contributed by atoms with Gasteiger partial charge in [-0.2, -0.15) is 0 Å². The minimum Gasteiger partial charge on any atom is -0.469 e. The average molecular weight is 268 g/mol. The summed E-state index contributed by atoms with van der Waals surface area (Å²) in [5.41, 5.74) is 0. The molecule has 19 heavy (non-hydrogen) atoms. The van der Waals surface area contributed by atoms with Crippen LogP contribution in [0.2, 0.25) is 0 Å².